The molecule has 35 heavy (non-hydrogen) atoms. The lowest BCUT2D eigenvalue weighted by molar-refractivity contribution is -0.128. The van der Waals surface area contributed by atoms with Crippen molar-refractivity contribution in [3.05, 3.63) is 52.6 Å². The van der Waals surface area contributed by atoms with Gasteiger partial charge in [-0.15, -0.1) is 0 Å². The number of piperidine rings is 2. The highest BCUT2D eigenvalue weighted by molar-refractivity contribution is 8.04. The number of nitrogens with zero attached hydrogens (tertiary/aromatic N) is 2. The van der Waals surface area contributed by atoms with E-state index in [1.54, 1.807) is 4.90 Å². The molecule has 4 aliphatic heterocycles. The number of hydrogen-bond donors (Lipinski definition) is 3. The molecule has 4 amide bonds. The van der Waals surface area contributed by atoms with Crippen molar-refractivity contribution in [2.24, 2.45) is 5.92 Å². The minimum absolute atomic E-state index is 0.00985. The number of hydrogen-bond acceptors (Lipinski definition) is 5. The summed E-state index contributed by atoms with van der Waals surface area (Å²) in [4.78, 5) is 43.0. The fraction of sp³-hybridized carbons (Fsp3) is 0.500. The highest BCUT2D eigenvalue weighted by atomic mass is 32.2. The fourth-order valence-electron chi connectivity index (χ4n) is 5.78. The molecule has 8 nitrogen and oxygen atoms in total. The molecule has 0 saturated carbocycles. The van der Waals surface area contributed by atoms with Crippen molar-refractivity contribution >= 4 is 35.3 Å². The summed E-state index contributed by atoms with van der Waals surface area (Å²) in [7, 11) is 0. The third kappa shape index (κ3) is 4.36. The molecule has 0 bridgehead atoms. The van der Waals surface area contributed by atoms with Gasteiger partial charge in [-0.3, -0.25) is 14.5 Å². The van der Waals surface area contributed by atoms with Gasteiger partial charge in [0.25, 0.3) is 5.91 Å². The summed E-state index contributed by atoms with van der Waals surface area (Å²) in [6.07, 6.45) is 4.75. The van der Waals surface area contributed by atoms with Crippen molar-refractivity contribution in [1.29, 1.82) is 0 Å². The maximum absolute atomic E-state index is 13.4. The Morgan fingerprint density at radius 2 is 2.14 bits per heavy atom. The summed E-state index contributed by atoms with van der Waals surface area (Å²) in [6, 6.07) is 5.99. The maximum atomic E-state index is 13.4. The van der Waals surface area contributed by atoms with Crippen molar-refractivity contribution in [1.82, 2.24) is 20.9 Å². The molecule has 9 heteroatoms. The first-order valence-corrected chi connectivity index (χ1v) is 13.3. The van der Waals surface area contributed by atoms with Crippen LogP contribution in [0.25, 0.3) is 0 Å². The number of likely N-dealkylation sites (tertiary alicyclic amines) is 1. The van der Waals surface area contributed by atoms with E-state index in [0.29, 0.717) is 18.0 Å². The molecule has 4 aliphatic rings. The molecular weight excluding hydrogens is 462 g/mol. The predicted molar refractivity (Wildman–Crippen MR) is 138 cm³/mol. The zero-order valence-electron chi connectivity index (χ0n) is 20.3. The number of carbonyl (C=O) groups is 3. The van der Waals surface area contributed by atoms with Gasteiger partial charge in [0.05, 0.1) is 16.3 Å². The third-order valence-corrected chi connectivity index (χ3v) is 8.87. The molecule has 0 radical (unpaired) electrons. The van der Waals surface area contributed by atoms with Crippen LogP contribution in [0.5, 0.6) is 0 Å². The standard InChI is InChI=1S/C26H33N5O3S/c1-4-16-8-9-18(15(3)13-16)31-19-10-11-27-25-21(19)22(29-26(31)34)23(35-25)24(33)28-17-7-6-12-30(14-17)20(32)5-2/h5,8-9,13,17,19,21,25,27H,2,4,6-7,10-12,14H2,1,3H3,(H,28,33)(H,29,34)/t17-,19?,21?,25?/m1/s1. The lowest BCUT2D eigenvalue weighted by Gasteiger charge is -2.46. The third-order valence-electron chi connectivity index (χ3n) is 7.52. The molecule has 5 rings (SSSR count). The Hall–Kier alpha value is -2.78. The van der Waals surface area contributed by atoms with Crippen LogP contribution in [-0.4, -0.2) is 59.8 Å². The molecule has 0 aromatic heterocycles. The van der Waals surface area contributed by atoms with Gasteiger partial charge < -0.3 is 20.9 Å². The van der Waals surface area contributed by atoms with Crippen LogP contribution in [0.15, 0.2) is 41.5 Å². The number of aryl methyl sites for hydroxylation is 2. The van der Waals surface area contributed by atoms with Crippen molar-refractivity contribution in [2.75, 3.05) is 24.5 Å². The van der Waals surface area contributed by atoms with Crippen LogP contribution in [0, 0.1) is 12.8 Å². The van der Waals surface area contributed by atoms with E-state index >= 15 is 0 Å². The number of thioether (sulfide) groups is 1. The van der Waals surface area contributed by atoms with Crippen LogP contribution in [0.1, 0.15) is 37.3 Å². The lowest BCUT2D eigenvalue weighted by atomic mass is 9.86. The highest BCUT2D eigenvalue weighted by Crippen LogP contribution is 2.48. The summed E-state index contributed by atoms with van der Waals surface area (Å²) in [5.41, 5.74) is 4.00. The Kier molecular flexibility index (Phi) is 6.63. The van der Waals surface area contributed by atoms with E-state index in [2.05, 4.69) is 54.6 Å². The van der Waals surface area contributed by atoms with E-state index in [1.807, 2.05) is 4.90 Å². The van der Waals surface area contributed by atoms with E-state index in [1.165, 1.54) is 23.4 Å². The number of nitrogens with one attached hydrogen (secondary N) is 3. The summed E-state index contributed by atoms with van der Waals surface area (Å²) in [5, 5.41) is 9.79. The molecule has 0 aliphatic carbocycles. The van der Waals surface area contributed by atoms with E-state index in [-0.39, 0.29) is 41.2 Å². The molecule has 4 atom stereocenters. The predicted octanol–water partition coefficient (Wildman–Crippen LogP) is 2.64. The van der Waals surface area contributed by atoms with E-state index in [9.17, 15) is 14.4 Å². The molecule has 3 saturated heterocycles. The van der Waals surface area contributed by atoms with E-state index in [4.69, 9.17) is 0 Å². The van der Waals surface area contributed by atoms with Gasteiger partial charge in [-0.05, 0) is 62.4 Å². The first-order chi connectivity index (χ1) is 16.9. The van der Waals surface area contributed by atoms with Gasteiger partial charge in [-0.2, -0.15) is 0 Å². The van der Waals surface area contributed by atoms with Gasteiger partial charge in [-0.25, -0.2) is 4.79 Å². The zero-order chi connectivity index (χ0) is 24.7. The van der Waals surface area contributed by atoms with Crippen LogP contribution in [0.3, 0.4) is 0 Å². The van der Waals surface area contributed by atoms with Gasteiger partial charge in [-0.1, -0.05) is 37.4 Å². The fourth-order valence-corrected chi connectivity index (χ4v) is 7.18. The minimum atomic E-state index is -0.178. The Bertz CT molecular complexity index is 1100. The van der Waals surface area contributed by atoms with E-state index < -0.39 is 0 Å². The van der Waals surface area contributed by atoms with E-state index in [0.717, 1.165) is 49.2 Å². The molecule has 3 unspecified atom stereocenters. The first-order valence-electron chi connectivity index (χ1n) is 12.5. The second-order valence-electron chi connectivity index (χ2n) is 9.69. The molecule has 0 spiro atoms. The van der Waals surface area contributed by atoms with Crippen molar-refractivity contribution in [3.8, 4) is 0 Å². The Labute approximate surface area is 210 Å². The molecule has 1 aromatic rings. The van der Waals surface area contributed by atoms with Crippen LogP contribution in [-0.2, 0) is 16.0 Å². The Morgan fingerprint density at radius 3 is 2.89 bits per heavy atom. The summed E-state index contributed by atoms with van der Waals surface area (Å²) < 4.78 is 0. The smallest absolute Gasteiger partial charge is 0.326 e. The molecule has 1 aromatic carbocycles. The van der Waals surface area contributed by atoms with Crippen molar-refractivity contribution in [3.63, 3.8) is 0 Å². The molecule has 186 valence electrons. The largest absolute Gasteiger partial charge is 0.347 e. The first kappa shape index (κ1) is 23.9. The zero-order valence-corrected chi connectivity index (χ0v) is 21.1. The number of benzene rings is 1. The van der Waals surface area contributed by atoms with Gasteiger partial charge in [0.15, 0.2) is 0 Å². The van der Waals surface area contributed by atoms with Gasteiger partial charge in [0.1, 0.15) is 0 Å². The van der Waals surface area contributed by atoms with Crippen molar-refractivity contribution in [2.45, 2.75) is 57.0 Å². The van der Waals surface area contributed by atoms with Crippen molar-refractivity contribution < 1.29 is 14.4 Å². The Morgan fingerprint density at radius 1 is 1.31 bits per heavy atom. The number of carbonyl (C=O) groups excluding carboxylic acids is 3. The van der Waals surface area contributed by atoms with Crippen LogP contribution < -0.4 is 20.9 Å². The summed E-state index contributed by atoms with van der Waals surface area (Å²) in [5.74, 6) is -0.265. The van der Waals surface area contributed by atoms with Crippen LogP contribution in [0.2, 0.25) is 0 Å². The maximum Gasteiger partial charge on any atom is 0.326 e. The second kappa shape index (κ2) is 9.70. The topological polar surface area (TPSA) is 93.8 Å². The van der Waals surface area contributed by atoms with Crippen LogP contribution >= 0.6 is 11.8 Å². The quantitative estimate of drug-likeness (QED) is 0.546. The monoisotopic (exact) mass is 495 g/mol. The Balaban J connectivity index is 1.38. The van der Waals surface area contributed by atoms with Gasteiger partial charge >= 0.3 is 6.03 Å². The summed E-state index contributed by atoms with van der Waals surface area (Å²) in [6.45, 7) is 9.70. The van der Waals surface area contributed by atoms with Gasteiger partial charge in [0.2, 0.25) is 5.91 Å². The SMILES string of the molecule is C=CC(=O)N1CCC[C@@H](NC(=O)C2=C3NC(=O)N(c4ccc(CC)cc4C)C4CCNC(S2)C34)C1. The van der Waals surface area contributed by atoms with Gasteiger partial charge in [0, 0.05) is 36.4 Å². The molecule has 3 fully saturated rings. The number of anilines is 1. The molecule has 4 heterocycles. The van der Waals surface area contributed by atoms with Crippen LogP contribution in [0.4, 0.5) is 10.5 Å². The number of amides is 4. The minimum Gasteiger partial charge on any atom is -0.347 e. The summed E-state index contributed by atoms with van der Waals surface area (Å²) >= 11 is 1.51. The molecule has 3 N–H and O–H groups in total. The average molecular weight is 496 g/mol. The lowest BCUT2D eigenvalue weighted by Crippen LogP contribution is -2.62. The second-order valence-corrected chi connectivity index (χ2v) is 10.8. The molecular formula is C26H33N5O3S. The normalized spacial score (nSPS) is 27.9. The average Bonchev–Trinajstić information content (AvgIpc) is 3.24. The number of rotatable bonds is 5. The highest BCUT2D eigenvalue weighted by Gasteiger charge is 2.52. The number of urea groups is 1.